The van der Waals surface area contributed by atoms with E-state index in [1.54, 1.807) is 41.3 Å². The highest BCUT2D eigenvalue weighted by Gasteiger charge is 2.40. The molecule has 3 amide bonds. The molecule has 4 aromatic rings. The second kappa shape index (κ2) is 16.2. The summed E-state index contributed by atoms with van der Waals surface area (Å²) in [5.41, 5.74) is 3.12. The van der Waals surface area contributed by atoms with Crippen LogP contribution in [0.5, 0.6) is 11.5 Å². The van der Waals surface area contributed by atoms with Crippen molar-refractivity contribution in [1.82, 2.24) is 16.0 Å². The van der Waals surface area contributed by atoms with Gasteiger partial charge in [-0.05, 0) is 60.9 Å². The van der Waals surface area contributed by atoms with Crippen LogP contribution in [0.3, 0.4) is 0 Å². The van der Waals surface area contributed by atoms with Crippen molar-refractivity contribution < 1.29 is 34.4 Å². The molecule has 0 aliphatic carbocycles. The molecule has 262 valence electrons. The number of aromatic hydroxyl groups is 1. The van der Waals surface area contributed by atoms with Gasteiger partial charge in [0.15, 0.2) is 0 Å². The molecule has 0 spiro atoms. The number of para-hydroxylation sites is 2. The van der Waals surface area contributed by atoms with Crippen molar-refractivity contribution in [2.45, 2.75) is 54.6 Å². The van der Waals surface area contributed by atoms with Crippen LogP contribution < -0.4 is 25.6 Å². The zero-order chi connectivity index (χ0) is 35.8. The third-order valence-corrected chi connectivity index (χ3v) is 9.71. The number of carbonyl (C=O) groups excluding carboxylic acids is 3. The average Bonchev–Trinajstić information content (AvgIpc) is 3.22. The number of hydrogen-bond donors (Lipinski definition) is 6. The van der Waals surface area contributed by atoms with Gasteiger partial charge in [-0.25, -0.2) is 4.79 Å². The van der Waals surface area contributed by atoms with E-state index in [-0.39, 0.29) is 37.1 Å². The van der Waals surface area contributed by atoms with Gasteiger partial charge in [-0.3, -0.25) is 9.59 Å². The van der Waals surface area contributed by atoms with Crippen LogP contribution in [0.15, 0.2) is 102 Å². The van der Waals surface area contributed by atoms with Crippen LogP contribution in [-0.4, -0.2) is 71.1 Å². The van der Waals surface area contributed by atoms with Crippen LogP contribution in [0, 0.1) is 0 Å². The number of benzene rings is 4. The predicted molar refractivity (Wildman–Crippen MR) is 193 cm³/mol. The SMILES string of the molecule is CNC(=O)Oc1ccccc1-c1ccc(CN2C(=O)C(NC(=O)CC(C)(C)NC[C@H](O)CO)C(c3ccc(O)cc3)Sc3ccccc32)cc1. The molecule has 0 radical (unpaired) electrons. The smallest absolute Gasteiger partial charge is 0.412 e. The van der Waals surface area contributed by atoms with Gasteiger partial charge in [0.25, 0.3) is 5.91 Å². The number of carbonyl (C=O) groups is 3. The number of phenols is 1. The van der Waals surface area contributed by atoms with E-state index in [9.17, 15) is 29.7 Å². The van der Waals surface area contributed by atoms with Crippen LogP contribution >= 0.6 is 11.8 Å². The number of nitrogens with zero attached hydrogens (tertiary/aromatic N) is 1. The lowest BCUT2D eigenvalue weighted by Gasteiger charge is -2.31. The number of nitrogens with one attached hydrogen (secondary N) is 3. The van der Waals surface area contributed by atoms with E-state index < -0.39 is 35.6 Å². The molecule has 5 rings (SSSR count). The minimum absolute atomic E-state index is 0.00140. The van der Waals surface area contributed by atoms with E-state index in [2.05, 4.69) is 16.0 Å². The van der Waals surface area contributed by atoms with Gasteiger partial charge < -0.3 is 40.9 Å². The molecule has 50 heavy (non-hydrogen) atoms. The van der Waals surface area contributed by atoms with Gasteiger partial charge in [-0.2, -0.15) is 0 Å². The molecule has 0 saturated carbocycles. The van der Waals surface area contributed by atoms with Gasteiger partial charge in [0.05, 0.1) is 30.2 Å². The van der Waals surface area contributed by atoms with Crippen LogP contribution in [0.25, 0.3) is 11.1 Å². The number of β-amino-alcohol motifs (C(OH)–C–C–N with tert-alkyl or cyclic N) is 1. The Balaban J connectivity index is 1.46. The van der Waals surface area contributed by atoms with Crippen molar-refractivity contribution in [1.29, 1.82) is 0 Å². The third-order valence-electron chi connectivity index (χ3n) is 8.31. The van der Waals surface area contributed by atoms with Crippen LogP contribution in [0.1, 0.15) is 36.6 Å². The van der Waals surface area contributed by atoms with Crippen LogP contribution in [-0.2, 0) is 16.1 Å². The van der Waals surface area contributed by atoms with Crippen molar-refractivity contribution in [2.24, 2.45) is 0 Å². The number of anilines is 1. The number of thioether (sulfide) groups is 1. The van der Waals surface area contributed by atoms with Gasteiger partial charge in [0.1, 0.15) is 17.5 Å². The lowest BCUT2D eigenvalue weighted by molar-refractivity contribution is -0.128. The third kappa shape index (κ3) is 9.01. The average molecular weight is 699 g/mol. The fraction of sp³-hybridized carbons (Fsp3) is 0.289. The Kier molecular flexibility index (Phi) is 11.8. The molecule has 6 N–H and O–H groups in total. The van der Waals surface area contributed by atoms with E-state index in [1.165, 1.54) is 18.8 Å². The summed E-state index contributed by atoms with van der Waals surface area (Å²) in [5, 5.41) is 37.1. The lowest BCUT2D eigenvalue weighted by atomic mass is 9.98. The number of ether oxygens (including phenoxy) is 1. The second-order valence-corrected chi connectivity index (χ2v) is 13.9. The summed E-state index contributed by atoms with van der Waals surface area (Å²) in [7, 11) is 1.49. The normalized spacial score (nSPS) is 16.6. The zero-order valence-electron chi connectivity index (χ0n) is 28.1. The summed E-state index contributed by atoms with van der Waals surface area (Å²) < 4.78 is 5.44. The van der Waals surface area contributed by atoms with Gasteiger partial charge in [-0.15, -0.1) is 11.8 Å². The van der Waals surface area contributed by atoms with Crippen molar-refractivity contribution in [3.8, 4) is 22.6 Å². The minimum Gasteiger partial charge on any atom is -0.508 e. The quantitative estimate of drug-likeness (QED) is 0.123. The Hall–Kier alpha value is -4.88. The first-order valence-electron chi connectivity index (χ1n) is 16.2. The molecule has 0 fully saturated rings. The van der Waals surface area contributed by atoms with E-state index in [4.69, 9.17) is 4.74 Å². The summed E-state index contributed by atoms with van der Waals surface area (Å²) >= 11 is 1.47. The highest BCUT2D eigenvalue weighted by molar-refractivity contribution is 7.99. The number of aliphatic hydroxyl groups is 2. The first kappa shape index (κ1) is 36.4. The van der Waals surface area contributed by atoms with Gasteiger partial charge >= 0.3 is 6.09 Å². The van der Waals surface area contributed by atoms with Crippen molar-refractivity contribution in [3.05, 3.63) is 108 Å². The number of phenolic OH excluding ortho intramolecular Hbond substituents is 1. The molecule has 1 heterocycles. The summed E-state index contributed by atoms with van der Waals surface area (Å²) in [6.07, 6.45) is -1.54. The highest BCUT2D eigenvalue weighted by Crippen LogP contribution is 2.46. The Morgan fingerprint density at radius 1 is 0.960 bits per heavy atom. The molecule has 0 aromatic heterocycles. The largest absolute Gasteiger partial charge is 0.508 e. The molecular formula is C38H42N4O7S. The first-order valence-corrected chi connectivity index (χ1v) is 17.1. The fourth-order valence-corrected chi connectivity index (χ4v) is 7.03. The van der Waals surface area contributed by atoms with Gasteiger partial charge in [0.2, 0.25) is 5.91 Å². The molecule has 11 nitrogen and oxygen atoms in total. The molecule has 1 aliphatic rings. The molecule has 4 aromatic carbocycles. The minimum atomic E-state index is -0.976. The zero-order valence-corrected chi connectivity index (χ0v) is 28.9. The summed E-state index contributed by atoms with van der Waals surface area (Å²) in [6, 6.07) is 28.1. The van der Waals surface area contributed by atoms with E-state index in [0.717, 1.165) is 27.1 Å². The highest BCUT2D eigenvalue weighted by atomic mass is 32.2. The molecule has 3 atom stereocenters. The summed E-state index contributed by atoms with van der Waals surface area (Å²) in [4.78, 5) is 42.8. The van der Waals surface area contributed by atoms with E-state index >= 15 is 0 Å². The van der Waals surface area contributed by atoms with Gasteiger partial charge in [-0.1, -0.05) is 66.7 Å². The maximum Gasteiger partial charge on any atom is 0.412 e. The first-order chi connectivity index (χ1) is 24.0. The predicted octanol–water partition coefficient (Wildman–Crippen LogP) is 4.75. The summed E-state index contributed by atoms with van der Waals surface area (Å²) in [6.45, 7) is 3.53. The van der Waals surface area contributed by atoms with E-state index in [0.29, 0.717) is 11.4 Å². The Bertz CT molecular complexity index is 1800. The lowest BCUT2D eigenvalue weighted by Crippen LogP contribution is -2.53. The Morgan fingerprint density at radius 2 is 1.64 bits per heavy atom. The molecule has 12 heteroatoms. The van der Waals surface area contributed by atoms with Crippen molar-refractivity contribution in [3.63, 3.8) is 0 Å². The molecule has 1 aliphatic heterocycles. The Morgan fingerprint density at radius 3 is 2.34 bits per heavy atom. The molecule has 0 bridgehead atoms. The van der Waals surface area contributed by atoms with Crippen molar-refractivity contribution in [2.75, 3.05) is 25.1 Å². The number of fused-ring (bicyclic) bond motifs is 1. The standard InChI is InChI=1S/C38H42N4O7S/c1-38(2,40-21-28(45)23-43)20-33(46)41-34-35(26-16-18-27(44)19-17-26)50-32-11-7-5-9-30(32)42(36(34)47)22-24-12-14-25(15-13-24)29-8-4-6-10-31(29)49-37(48)39-3/h4-19,28,34-35,40,43-45H,20-23H2,1-3H3,(H,39,48)(H,41,46)/t28-,34?,35?/m0/s1. The number of amides is 3. The van der Waals surface area contributed by atoms with Gasteiger partial charge in [0, 0.05) is 36.0 Å². The summed E-state index contributed by atoms with van der Waals surface area (Å²) in [5.74, 6) is -0.166. The monoisotopic (exact) mass is 698 g/mol. The number of aliphatic hydroxyl groups excluding tert-OH is 2. The molecule has 0 saturated heterocycles. The molecule has 2 unspecified atom stereocenters. The van der Waals surface area contributed by atoms with Crippen LogP contribution in [0.4, 0.5) is 10.5 Å². The maximum atomic E-state index is 14.7. The Labute approximate surface area is 295 Å². The second-order valence-electron chi connectivity index (χ2n) is 12.7. The van der Waals surface area contributed by atoms with Crippen molar-refractivity contribution >= 4 is 35.4 Å². The topological polar surface area (TPSA) is 160 Å². The number of hydrogen-bond acceptors (Lipinski definition) is 9. The van der Waals surface area contributed by atoms with E-state index in [1.807, 2.05) is 74.5 Å². The number of rotatable bonds is 12. The van der Waals surface area contributed by atoms with Crippen LogP contribution in [0.2, 0.25) is 0 Å². The maximum absolute atomic E-state index is 14.7. The molecular weight excluding hydrogens is 657 g/mol. The fourth-order valence-electron chi connectivity index (χ4n) is 5.69.